The number of para-hydroxylation sites is 2. The van der Waals surface area contributed by atoms with Crippen LogP contribution in [0.4, 0.5) is 5.69 Å². The summed E-state index contributed by atoms with van der Waals surface area (Å²) in [5.74, 6) is 1.30. The van der Waals surface area contributed by atoms with Crippen molar-refractivity contribution in [3.05, 3.63) is 24.3 Å². The lowest BCUT2D eigenvalue weighted by Gasteiger charge is -2.35. The van der Waals surface area contributed by atoms with Crippen molar-refractivity contribution in [3.8, 4) is 5.75 Å². The molecule has 0 radical (unpaired) electrons. The number of nitrogens with two attached hydrogens (primary N) is 1. The summed E-state index contributed by atoms with van der Waals surface area (Å²) in [4.78, 5) is 0. The van der Waals surface area contributed by atoms with E-state index in [1.807, 2.05) is 24.3 Å². The summed E-state index contributed by atoms with van der Waals surface area (Å²) in [5.41, 5.74) is 6.72. The Hall–Kier alpha value is -1.22. The summed E-state index contributed by atoms with van der Waals surface area (Å²) in [6, 6.07) is 7.90. The lowest BCUT2D eigenvalue weighted by atomic mass is 9.88. The molecule has 3 nitrogen and oxygen atoms in total. The third kappa shape index (κ3) is 2.67. The van der Waals surface area contributed by atoms with E-state index in [1.54, 1.807) is 7.11 Å². The van der Waals surface area contributed by atoms with Crippen molar-refractivity contribution in [2.45, 2.75) is 26.3 Å². The summed E-state index contributed by atoms with van der Waals surface area (Å²) in [5, 5.41) is 3.47. The summed E-state index contributed by atoms with van der Waals surface area (Å²) in [6.45, 7) is 7.04. The molecule has 1 aromatic carbocycles. The second-order valence-corrected chi connectivity index (χ2v) is 4.60. The Kier molecular flexibility index (Phi) is 4.19. The second-order valence-electron chi connectivity index (χ2n) is 4.60. The molecule has 16 heavy (non-hydrogen) atoms. The Labute approximate surface area is 98.0 Å². The van der Waals surface area contributed by atoms with Crippen LogP contribution in [0.5, 0.6) is 5.75 Å². The molecule has 3 heteroatoms. The number of ether oxygens (including phenoxy) is 1. The molecule has 0 heterocycles. The molecular weight excluding hydrogens is 200 g/mol. The van der Waals surface area contributed by atoms with Crippen molar-refractivity contribution in [2.75, 3.05) is 19.0 Å². The van der Waals surface area contributed by atoms with Gasteiger partial charge in [-0.2, -0.15) is 0 Å². The molecule has 1 aromatic rings. The van der Waals surface area contributed by atoms with Crippen molar-refractivity contribution in [2.24, 2.45) is 11.7 Å². The Morgan fingerprint density at radius 3 is 2.50 bits per heavy atom. The van der Waals surface area contributed by atoms with Crippen LogP contribution in [0, 0.1) is 5.92 Å². The predicted octanol–water partition coefficient (Wildman–Crippen LogP) is 2.48. The minimum Gasteiger partial charge on any atom is -0.495 e. The monoisotopic (exact) mass is 222 g/mol. The largest absolute Gasteiger partial charge is 0.495 e. The highest BCUT2D eigenvalue weighted by atomic mass is 16.5. The van der Waals surface area contributed by atoms with Gasteiger partial charge in [0.05, 0.1) is 12.8 Å². The minimum atomic E-state index is -0.116. The van der Waals surface area contributed by atoms with Gasteiger partial charge in [0.2, 0.25) is 0 Å². The van der Waals surface area contributed by atoms with Gasteiger partial charge in [-0.15, -0.1) is 0 Å². The number of anilines is 1. The highest BCUT2D eigenvalue weighted by molar-refractivity contribution is 5.57. The highest BCUT2D eigenvalue weighted by Crippen LogP contribution is 2.29. The molecule has 0 bridgehead atoms. The van der Waals surface area contributed by atoms with Gasteiger partial charge in [0.25, 0.3) is 0 Å². The first-order chi connectivity index (χ1) is 7.53. The smallest absolute Gasteiger partial charge is 0.141 e. The Morgan fingerprint density at radius 1 is 1.38 bits per heavy atom. The Bertz CT molecular complexity index is 338. The normalized spacial score (nSPS) is 14.6. The summed E-state index contributed by atoms with van der Waals surface area (Å²) >= 11 is 0. The van der Waals surface area contributed by atoms with Crippen LogP contribution < -0.4 is 15.8 Å². The molecule has 0 aliphatic carbocycles. The molecule has 0 saturated carbocycles. The van der Waals surface area contributed by atoms with Crippen molar-refractivity contribution >= 4 is 5.69 Å². The van der Waals surface area contributed by atoms with Gasteiger partial charge in [-0.1, -0.05) is 26.0 Å². The number of rotatable bonds is 5. The fourth-order valence-corrected chi connectivity index (χ4v) is 1.49. The molecule has 0 aliphatic rings. The van der Waals surface area contributed by atoms with Gasteiger partial charge in [0.1, 0.15) is 5.75 Å². The van der Waals surface area contributed by atoms with Gasteiger partial charge in [0.15, 0.2) is 0 Å². The van der Waals surface area contributed by atoms with Crippen LogP contribution in [0.3, 0.4) is 0 Å². The highest BCUT2D eigenvalue weighted by Gasteiger charge is 2.27. The van der Waals surface area contributed by atoms with E-state index < -0.39 is 0 Å². The van der Waals surface area contributed by atoms with Crippen LogP contribution in [0.2, 0.25) is 0 Å². The maximum absolute atomic E-state index is 5.84. The van der Waals surface area contributed by atoms with Crippen LogP contribution in [0.25, 0.3) is 0 Å². The van der Waals surface area contributed by atoms with Gasteiger partial charge >= 0.3 is 0 Å². The van der Waals surface area contributed by atoms with E-state index >= 15 is 0 Å². The van der Waals surface area contributed by atoms with Crippen LogP contribution in [0.1, 0.15) is 20.8 Å². The van der Waals surface area contributed by atoms with Gasteiger partial charge < -0.3 is 15.8 Å². The van der Waals surface area contributed by atoms with E-state index in [2.05, 4.69) is 26.1 Å². The fourth-order valence-electron chi connectivity index (χ4n) is 1.49. The number of hydrogen-bond donors (Lipinski definition) is 2. The molecule has 1 unspecified atom stereocenters. The Morgan fingerprint density at radius 2 is 2.00 bits per heavy atom. The lowest BCUT2D eigenvalue weighted by molar-refractivity contribution is 0.376. The predicted molar refractivity (Wildman–Crippen MR) is 68.9 cm³/mol. The summed E-state index contributed by atoms with van der Waals surface area (Å²) in [6.07, 6.45) is 0. The molecule has 90 valence electrons. The minimum absolute atomic E-state index is 0.116. The van der Waals surface area contributed by atoms with Gasteiger partial charge in [-0.05, 0) is 25.0 Å². The first-order valence-corrected chi connectivity index (χ1v) is 5.64. The molecule has 1 atom stereocenters. The maximum Gasteiger partial charge on any atom is 0.141 e. The average molecular weight is 222 g/mol. The van der Waals surface area contributed by atoms with Crippen LogP contribution in [-0.4, -0.2) is 19.2 Å². The molecule has 0 aromatic heterocycles. The lowest BCUT2D eigenvalue weighted by Crippen LogP contribution is -2.47. The molecule has 3 N–H and O–H groups in total. The third-order valence-corrected chi connectivity index (χ3v) is 3.23. The maximum atomic E-state index is 5.84. The van der Waals surface area contributed by atoms with Gasteiger partial charge in [0, 0.05) is 12.1 Å². The summed E-state index contributed by atoms with van der Waals surface area (Å²) in [7, 11) is 1.68. The van der Waals surface area contributed by atoms with Crippen LogP contribution in [0.15, 0.2) is 24.3 Å². The number of hydrogen-bond acceptors (Lipinski definition) is 3. The second kappa shape index (κ2) is 5.21. The Balaban J connectivity index is 2.94. The molecule has 0 saturated heterocycles. The van der Waals surface area contributed by atoms with Crippen molar-refractivity contribution in [1.82, 2.24) is 0 Å². The first-order valence-electron chi connectivity index (χ1n) is 5.64. The molecule has 0 spiro atoms. The van der Waals surface area contributed by atoms with E-state index in [-0.39, 0.29) is 5.54 Å². The van der Waals surface area contributed by atoms with Crippen molar-refractivity contribution in [3.63, 3.8) is 0 Å². The zero-order valence-electron chi connectivity index (χ0n) is 10.6. The third-order valence-electron chi connectivity index (χ3n) is 3.23. The van der Waals surface area contributed by atoms with Crippen LogP contribution in [-0.2, 0) is 0 Å². The first kappa shape index (κ1) is 12.8. The number of benzene rings is 1. The number of nitrogens with one attached hydrogen (secondary N) is 1. The quantitative estimate of drug-likeness (QED) is 0.804. The SMILES string of the molecule is COc1ccccc1NC(C)(CN)C(C)C. The fraction of sp³-hybridized carbons (Fsp3) is 0.538. The van der Waals surface area contributed by atoms with Crippen molar-refractivity contribution in [1.29, 1.82) is 0 Å². The zero-order chi connectivity index (χ0) is 12.2. The molecule has 0 aliphatic heterocycles. The van der Waals surface area contributed by atoms with Crippen LogP contribution >= 0.6 is 0 Å². The summed E-state index contributed by atoms with van der Waals surface area (Å²) < 4.78 is 5.31. The zero-order valence-corrected chi connectivity index (χ0v) is 10.6. The molecule has 1 rings (SSSR count). The molecular formula is C13H22N2O. The van der Waals surface area contributed by atoms with E-state index in [1.165, 1.54) is 0 Å². The standard InChI is InChI=1S/C13H22N2O/c1-10(2)13(3,9-14)15-11-7-5-6-8-12(11)16-4/h5-8,10,15H,9,14H2,1-4H3. The molecule has 0 fully saturated rings. The average Bonchev–Trinajstić information content (AvgIpc) is 2.29. The molecule has 0 amide bonds. The van der Waals surface area contributed by atoms with Gasteiger partial charge in [-0.3, -0.25) is 0 Å². The number of methoxy groups -OCH3 is 1. The van der Waals surface area contributed by atoms with E-state index in [0.29, 0.717) is 12.5 Å². The van der Waals surface area contributed by atoms with E-state index in [9.17, 15) is 0 Å². The van der Waals surface area contributed by atoms with Gasteiger partial charge in [-0.25, -0.2) is 0 Å². The van der Waals surface area contributed by atoms with E-state index in [0.717, 1.165) is 11.4 Å². The topological polar surface area (TPSA) is 47.3 Å². The van der Waals surface area contributed by atoms with Crippen molar-refractivity contribution < 1.29 is 4.74 Å². The van der Waals surface area contributed by atoms with E-state index in [4.69, 9.17) is 10.5 Å².